The van der Waals surface area contributed by atoms with Gasteiger partial charge >= 0.3 is 0 Å². The normalized spacial score (nSPS) is 16.3. The Hall–Kier alpha value is -2.90. The zero-order chi connectivity index (χ0) is 14.7. The number of nitro groups is 1. The molecule has 0 radical (unpaired) electrons. The van der Waals surface area contributed by atoms with Crippen LogP contribution in [0.15, 0.2) is 39.1 Å². The van der Waals surface area contributed by atoms with Gasteiger partial charge in [-0.3, -0.25) is 10.1 Å². The van der Waals surface area contributed by atoms with Crippen molar-refractivity contribution in [1.82, 2.24) is 10.3 Å². The van der Waals surface area contributed by atoms with Crippen LogP contribution in [0.25, 0.3) is 0 Å². The molecule has 0 aliphatic heterocycles. The quantitative estimate of drug-likeness (QED) is 0.487. The molecule has 3 rings (SSSR count). The van der Waals surface area contributed by atoms with Crippen molar-refractivity contribution in [2.75, 3.05) is 0 Å². The van der Waals surface area contributed by atoms with E-state index in [-0.39, 0.29) is 5.69 Å². The minimum atomic E-state index is -0.447. The average molecular weight is 285 g/mol. The Labute approximate surface area is 119 Å². The fraction of sp³-hybridized carbons (Fsp3) is 0.231. The van der Waals surface area contributed by atoms with Crippen molar-refractivity contribution in [1.29, 1.82) is 0 Å². The highest BCUT2D eigenvalue weighted by Crippen LogP contribution is 2.18. The van der Waals surface area contributed by atoms with Gasteiger partial charge in [0, 0.05) is 17.7 Å². The van der Waals surface area contributed by atoms with Crippen molar-refractivity contribution in [2.45, 2.75) is 19.3 Å². The predicted octanol–water partition coefficient (Wildman–Crippen LogP) is 2.14. The second-order valence-corrected chi connectivity index (χ2v) is 4.56. The Kier molecular flexibility index (Phi) is 3.50. The van der Waals surface area contributed by atoms with E-state index in [0.717, 1.165) is 30.7 Å². The zero-order valence-electron chi connectivity index (χ0n) is 11.0. The zero-order valence-corrected chi connectivity index (χ0v) is 11.0. The molecule has 1 heterocycles. The molecule has 8 nitrogen and oxygen atoms in total. The molecule has 1 aromatic heterocycles. The summed E-state index contributed by atoms with van der Waals surface area (Å²) in [5, 5.41) is 26.4. The van der Waals surface area contributed by atoms with Gasteiger partial charge in [0.25, 0.3) is 5.69 Å². The molecule has 0 fully saturated rings. The van der Waals surface area contributed by atoms with Gasteiger partial charge in [0.1, 0.15) is 5.69 Å². The summed E-state index contributed by atoms with van der Waals surface area (Å²) in [5.41, 5.74) is 2.80. The lowest BCUT2D eigenvalue weighted by Gasteiger charge is -2.07. The summed E-state index contributed by atoms with van der Waals surface area (Å²) in [4.78, 5) is 10.2. The second-order valence-electron chi connectivity index (χ2n) is 4.56. The number of aryl methyl sites for hydroxylation is 1. The molecule has 0 spiro atoms. The topological polar surface area (TPSA) is 107 Å². The molecule has 1 aliphatic carbocycles. The summed E-state index contributed by atoms with van der Waals surface area (Å²) in [6.45, 7) is 0. The minimum Gasteiger partial charge on any atom is -0.258 e. The third kappa shape index (κ3) is 2.83. The first-order valence-corrected chi connectivity index (χ1v) is 6.40. The third-order valence-corrected chi connectivity index (χ3v) is 3.12. The molecular weight excluding hydrogens is 274 g/mol. The van der Waals surface area contributed by atoms with Gasteiger partial charge in [-0.05, 0) is 24.4 Å². The van der Waals surface area contributed by atoms with Crippen molar-refractivity contribution < 1.29 is 9.55 Å². The summed E-state index contributed by atoms with van der Waals surface area (Å²) < 4.78 is 4.70. The van der Waals surface area contributed by atoms with Gasteiger partial charge < -0.3 is 0 Å². The lowest BCUT2D eigenvalue weighted by molar-refractivity contribution is -0.384. The van der Waals surface area contributed by atoms with Crippen LogP contribution in [0, 0.1) is 10.1 Å². The molecule has 0 atom stereocenters. The smallest absolute Gasteiger partial charge is 0.258 e. The fourth-order valence-electron chi connectivity index (χ4n) is 2.11. The van der Waals surface area contributed by atoms with Gasteiger partial charge in [-0.25, -0.2) is 4.63 Å². The number of non-ortho nitro benzene ring substituents is 1. The minimum absolute atomic E-state index is 0.0206. The van der Waals surface area contributed by atoms with Crippen molar-refractivity contribution in [3.8, 4) is 0 Å². The first-order valence-electron chi connectivity index (χ1n) is 6.40. The van der Waals surface area contributed by atoms with E-state index in [1.165, 1.54) is 18.3 Å². The second kappa shape index (κ2) is 5.61. The number of hydrogen-bond donors (Lipinski definition) is 0. The Morgan fingerprint density at radius 2 is 2.24 bits per heavy atom. The van der Waals surface area contributed by atoms with Crippen molar-refractivity contribution >= 4 is 17.6 Å². The van der Waals surface area contributed by atoms with Gasteiger partial charge in [-0.2, -0.15) is 10.2 Å². The molecule has 0 N–H and O–H groups in total. The molecule has 2 aromatic rings. The van der Waals surface area contributed by atoms with Crippen LogP contribution in [-0.2, 0) is 6.42 Å². The first-order chi connectivity index (χ1) is 10.2. The molecular formula is C13H11N5O3. The summed E-state index contributed by atoms with van der Waals surface area (Å²) >= 11 is 0. The van der Waals surface area contributed by atoms with Crippen molar-refractivity contribution in [3.05, 3.63) is 51.3 Å². The number of hydrogen-bond acceptors (Lipinski definition) is 7. The van der Waals surface area contributed by atoms with Gasteiger partial charge in [-0.15, -0.1) is 0 Å². The van der Waals surface area contributed by atoms with Crippen LogP contribution >= 0.6 is 0 Å². The summed E-state index contributed by atoms with van der Waals surface area (Å²) in [6.07, 6.45) is 3.98. The molecule has 0 bridgehead atoms. The average Bonchev–Trinajstić information content (AvgIpc) is 2.97. The molecule has 0 saturated carbocycles. The molecule has 0 amide bonds. The van der Waals surface area contributed by atoms with Crippen LogP contribution in [0.4, 0.5) is 5.69 Å². The molecule has 1 aromatic carbocycles. The summed E-state index contributed by atoms with van der Waals surface area (Å²) in [7, 11) is 0. The number of rotatable bonds is 3. The Morgan fingerprint density at radius 1 is 1.33 bits per heavy atom. The highest BCUT2D eigenvalue weighted by atomic mass is 16.6. The molecule has 1 aliphatic rings. The predicted molar refractivity (Wildman–Crippen MR) is 74.5 cm³/mol. The lowest BCUT2D eigenvalue weighted by Crippen LogP contribution is -2.11. The number of aromatic nitrogens is 2. The van der Waals surface area contributed by atoms with Crippen molar-refractivity contribution in [3.63, 3.8) is 0 Å². The summed E-state index contributed by atoms with van der Waals surface area (Å²) in [5.74, 6) is 0. The highest BCUT2D eigenvalue weighted by molar-refractivity contribution is 6.00. The molecule has 8 heteroatoms. The van der Waals surface area contributed by atoms with E-state index < -0.39 is 4.92 Å². The summed E-state index contributed by atoms with van der Waals surface area (Å²) in [6, 6.07) is 6.19. The van der Waals surface area contributed by atoms with Crippen LogP contribution in [0.2, 0.25) is 0 Å². The molecule has 0 saturated heterocycles. The Morgan fingerprint density at radius 3 is 3.10 bits per heavy atom. The Bertz CT molecular complexity index is 735. The maximum absolute atomic E-state index is 10.7. The van der Waals surface area contributed by atoms with E-state index in [2.05, 4.69) is 20.5 Å². The number of benzene rings is 1. The number of nitrogens with zero attached hydrogens (tertiary/aromatic N) is 5. The lowest BCUT2D eigenvalue weighted by atomic mass is 9.99. The van der Waals surface area contributed by atoms with E-state index in [0.29, 0.717) is 11.3 Å². The van der Waals surface area contributed by atoms with Crippen LogP contribution in [0.1, 0.15) is 29.8 Å². The van der Waals surface area contributed by atoms with E-state index in [1.807, 2.05) is 0 Å². The van der Waals surface area contributed by atoms with E-state index in [4.69, 9.17) is 4.63 Å². The molecule has 0 unspecified atom stereocenters. The van der Waals surface area contributed by atoms with Gasteiger partial charge in [0.05, 0.1) is 16.8 Å². The van der Waals surface area contributed by atoms with Crippen LogP contribution < -0.4 is 0 Å². The SMILES string of the molecule is O=[N+]([O-])c1cccc(/C=N/N=C2\CCCc3nonc32)c1. The Balaban J connectivity index is 1.80. The molecule has 106 valence electrons. The maximum atomic E-state index is 10.7. The monoisotopic (exact) mass is 285 g/mol. The van der Waals surface area contributed by atoms with E-state index in [9.17, 15) is 10.1 Å². The van der Waals surface area contributed by atoms with Gasteiger partial charge in [0.15, 0.2) is 5.69 Å². The van der Waals surface area contributed by atoms with E-state index >= 15 is 0 Å². The number of fused-ring (bicyclic) bond motifs is 1. The third-order valence-electron chi connectivity index (χ3n) is 3.12. The first kappa shape index (κ1) is 13.1. The highest BCUT2D eigenvalue weighted by Gasteiger charge is 2.21. The standard InChI is InChI=1S/C13H11N5O3/c19-18(20)10-4-1-3-9(7-10)8-14-15-11-5-2-6-12-13(11)17-21-16-12/h1,3-4,7-8H,2,5-6H2/b14-8+,15-11+. The van der Waals surface area contributed by atoms with Crippen LogP contribution in [0.3, 0.4) is 0 Å². The maximum Gasteiger partial charge on any atom is 0.270 e. The number of nitro benzene ring substituents is 1. The van der Waals surface area contributed by atoms with Crippen LogP contribution in [0.5, 0.6) is 0 Å². The van der Waals surface area contributed by atoms with Crippen LogP contribution in [-0.4, -0.2) is 27.2 Å². The van der Waals surface area contributed by atoms with Crippen molar-refractivity contribution in [2.24, 2.45) is 10.2 Å². The van der Waals surface area contributed by atoms with Gasteiger partial charge in [-0.1, -0.05) is 17.3 Å². The van der Waals surface area contributed by atoms with E-state index in [1.54, 1.807) is 12.1 Å². The largest absolute Gasteiger partial charge is 0.270 e. The van der Waals surface area contributed by atoms with Gasteiger partial charge in [0.2, 0.25) is 0 Å². The molecule has 21 heavy (non-hydrogen) atoms. The fourth-order valence-corrected chi connectivity index (χ4v) is 2.11.